The first-order chi connectivity index (χ1) is 12.1. The summed E-state index contributed by atoms with van der Waals surface area (Å²) < 4.78 is 7.21. The number of morpholine rings is 1. The summed E-state index contributed by atoms with van der Waals surface area (Å²) in [6.45, 7) is 7.91. The Morgan fingerprint density at radius 1 is 1.28 bits per heavy atom. The van der Waals surface area contributed by atoms with Crippen molar-refractivity contribution in [2.24, 2.45) is 7.05 Å². The Balaban J connectivity index is 1.56. The van der Waals surface area contributed by atoms with Crippen LogP contribution in [-0.4, -0.2) is 89.6 Å². The summed E-state index contributed by atoms with van der Waals surface area (Å²) in [4.78, 5) is 30.9. The molecular weight excluding hydrogens is 320 g/mol. The van der Waals surface area contributed by atoms with Crippen LogP contribution in [0.15, 0.2) is 18.3 Å². The second-order valence-corrected chi connectivity index (χ2v) is 6.86. The normalized spacial score (nSPS) is 21.5. The predicted molar refractivity (Wildman–Crippen MR) is 94.4 cm³/mol. The molecule has 2 amide bonds. The van der Waals surface area contributed by atoms with Gasteiger partial charge in [0.1, 0.15) is 5.69 Å². The van der Waals surface area contributed by atoms with Crippen molar-refractivity contribution >= 4 is 11.8 Å². The zero-order valence-corrected chi connectivity index (χ0v) is 15.2. The molecule has 2 aliphatic rings. The van der Waals surface area contributed by atoms with Gasteiger partial charge in [0, 0.05) is 59.4 Å². The first-order valence-electron chi connectivity index (χ1n) is 9.04. The van der Waals surface area contributed by atoms with E-state index >= 15 is 0 Å². The molecule has 7 nitrogen and oxygen atoms in total. The van der Waals surface area contributed by atoms with Crippen LogP contribution >= 0.6 is 0 Å². The molecule has 7 heteroatoms. The minimum atomic E-state index is 0.0479. The van der Waals surface area contributed by atoms with E-state index in [0.29, 0.717) is 25.3 Å². The highest BCUT2D eigenvalue weighted by molar-refractivity contribution is 5.93. The topological polar surface area (TPSA) is 58.0 Å². The second-order valence-electron chi connectivity index (χ2n) is 6.86. The molecule has 0 radical (unpaired) electrons. The number of likely N-dealkylation sites (tertiary alicyclic amines) is 1. The molecule has 2 aliphatic heterocycles. The van der Waals surface area contributed by atoms with Crippen LogP contribution in [0.4, 0.5) is 0 Å². The highest BCUT2D eigenvalue weighted by atomic mass is 16.5. The van der Waals surface area contributed by atoms with E-state index in [1.807, 2.05) is 39.7 Å². The van der Waals surface area contributed by atoms with Crippen molar-refractivity contribution in [3.8, 4) is 0 Å². The number of nitrogens with zero attached hydrogens (tertiary/aromatic N) is 4. The molecule has 3 rings (SSSR count). The molecule has 25 heavy (non-hydrogen) atoms. The van der Waals surface area contributed by atoms with E-state index in [4.69, 9.17) is 4.74 Å². The molecule has 0 spiro atoms. The molecule has 2 saturated heterocycles. The van der Waals surface area contributed by atoms with Crippen molar-refractivity contribution in [3.05, 3.63) is 24.0 Å². The lowest BCUT2D eigenvalue weighted by atomic mass is 10.2. The van der Waals surface area contributed by atoms with Crippen LogP contribution in [0.3, 0.4) is 0 Å². The maximum absolute atomic E-state index is 12.7. The van der Waals surface area contributed by atoms with Gasteiger partial charge in [-0.05, 0) is 18.6 Å². The molecule has 138 valence electrons. The van der Waals surface area contributed by atoms with Crippen LogP contribution in [0.25, 0.3) is 0 Å². The Bertz CT molecular complexity index is 609. The summed E-state index contributed by atoms with van der Waals surface area (Å²) in [7, 11) is 1.88. The fourth-order valence-electron chi connectivity index (χ4n) is 3.70. The SMILES string of the molecule is CC(=O)N(CCN1CCOCC1)C1CCN(C(=O)c2cccn2C)C1. The van der Waals surface area contributed by atoms with E-state index < -0.39 is 0 Å². The predicted octanol–water partition coefficient (Wildman–Crippen LogP) is 0.420. The number of carbonyl (C=O) groups is 2. The largest absolute Gasteiger partial charge is 0.379 e. The fourth-order valence-corrected chi connectivity index (χ4v) is 3.70. The number of carbonyl (C=O) groups excluding carboxylic acids is 2. The highest BCUT2D eigenvalue weighted by Gasteiger charge is 2.32. The summed E-state index contributed by atoms with van der Waals surface area (Å²) in [5.74, 6) is 0.137. The molecule has 3 heterocycles. The summed E-state index contributed by atoms with van der Waals surface area (Å²) >= 11 is 0. The van der Waals surface area contributed by atoms with Gasteiger partial charge in [-0.25, -0.2) is 0 Å². The fraction of sp³-hybridized carbons (Fsp3) is 0.667. The molecule has 1 aromatic rings. The van der Waals surface area contributed by atoms with Crippen molar-refractivity contribution in [2.45, 2.75) is 19.4 Å². The second kappa shape index (κ2) is 8.01. The van der Waals surface area contributed by atoms with Gasteiger partial charge >= 0.3 is 0 Å². The van der Waals surface area contributed by atoms with Gasteiger partial charge < -0.3 is 19.1 Å². The van der Waals surface area contributed by atoms with Gasteiger partial charge in [0.15, 0.2) is 0 Å². The van der Waals surface area contributed by atoms with Crippen LogP contribution in [-0.2, 0) is 16.6 Å². The lowest BCUT2D eigenvalue weighted by molar-refractivity contribution is -0.131. The molecule has 0 aromatic carbocycles. The summed E-state index contributed by atoms with van der Waals surface area (Å²) in [6, 6.07) is 3.84. The number of hydrogen-bond acceptors (Lipinski definition) is 4. The third-order valence-electron chi connectivity index (χ3n) is 5.22. The Morgan fingerprint density at radius 3 is 2.68 bits per heavy atom. The molecule has 1 aromatic heterocycles. The highest BCUT2D eigenvalue weighted by Crippen LogP contribution is 2.19. The van der Waals surface area contributed by atoms with E-state index in [2.05, 4.69) is 4.90 Å². The van der Waals surface area contributed by atoms with Crippen molar-refractivity contribution < 1.29 is 14.3 Å². The van der Waals surface area contributed by atoms with Crippen LogP contribution in [0, 0.1) is 0 Å². The number of ether oxygens (including phenoxy) is 1. The van der Waals surface area contributed by atoms with Crippen molar-refractivity contribution in [1.82, 2.24) is 19.3 Å². The lowest BCUT2D eigenvalue weighted by Crippen LogP contribution is -2.47. The van der Waals surface area contributed by atoms with Gasteiger partial charge in [-0.3, -0.25) is 14.5 Å². The Kier molecular flexibility index (Phi) is 5.75. The first-order valence-corrected chi connectivity index (χ1v) is 9.04. The van der Waals surface area contributed by atoms with Crippen LogP contribution in [0.2, 0.25) is 0 Å². The van der Waals surface area contributed by atoms with Gasteiger partial charge in [0.25, 0.3) is 5.91 Å². The quantitative estimate of drug-likeness (QED) is 0.774. The molecule has 0 saturated carbocycles. The minimum absolute atomic E-state index is 0.0479. The molecule has 0 bridgehead atoms. The Labute approximate surface area is 149 Å². The third kappa shape index (κ3) is 4.22. The summed E-state index contributed by atoms with van der Waals surface area (Å²) in [5.41, 5.74) is 0.698. The van der Waals surface area contributed by atoms with Gasteiger partial charge in [0.05, 0.1) is 19.3 Å². The maximum atomic E-state index is 12.7. The van der Waals surface area contributed by atoms with E-state index in [1.54, 1.807) is 6.92 Å². The zero-order chi connectivity index (χ0) is 17.8. The lowest BCUT2D eigenvalue weighted by Gasteiger charge is -2.32. The van der Waals surface area contributed by atoms with Crippen molar-refractivity contribution in [2.75, 3.05) is 52.5 Å². The number of aromatic nitrogens is 1. The van der Waals surface area contributed by atoms with Gasteiger partial charge in [0.2, 0.25) is 5.91 Å². The summed E-state index contributed by atoms with van der Waals surface area (Å²) in [6.07, 6.45) is 2.73. The molecule has 1 atom stereocenters. The smallest absolute Gasteiger partial charge is 0.270 e. The average Bonchev–Trinajstić information content (AvgIpc) is 3.24. The number of hydrogen-bond donors (Lipinski definition) is 0. The number of aryl methyl sites for hydroxylation is 1. The van der Waals surface area contributed by atoms with Gasteiger partial charge in [-0.2, -0.15) is 0 Å². The van der Waals surface area contributed by atoms with Crippen LogP contribution in [0.5, 0.6) is 0 Å². The third-order valence-corrected chi connectivity index (χ3v) is 5.22. The molecule has 0 aliphatic carbocycles. The molecule has 1 unspecified atom stereocenters. The molecule has 0 N–H and O–H groups in total. The molecular formula is C18H28N4O3. The van der Waals surface area contributed by atoms with Gasteiger partial charge in [-0.1, -0.05) is 0 Å². The standard InChI is InChI=1S/C18H28N4O3/c1-15(23)22(9-8-20-10-12-25-13-11-20)16-5-7-21(14-16)18(24)17-4-3-6-19(17)2/h3-4,6,16H,5,7-14H2,1-2H3. The van der Waals surface area contributed by atoms with Crippen LogP contribution < -0.4 is 0 Å². The van der Waals surface area contributed by atoms with E-state index in [-0.39, 0.29) is 17.9 Å². The first kappa shape index (κ1) is 17.9. The van der Waals surface area contributed by atoms with Crippen LogP contribution in [0.1, 0.15) is 23.8 Å². The Morgan fingerprint density at radius 2 is 2.04 bits per heavy atom. The zero-order valence-electron chi connectivity index (χ0n) is 15.2. The molecule has 2 fully saturated rings. The summed E-state index contributed by atoms with van der Waals surface area (Å²) in [5, 5.41) is 0. The Hall–Kier alpha value is -1.86. The minimum Gasteiger partial charge on any atom is -0.379 e. The van der Waals surface area contributed by atoms with E-state index in [1.165, 1.54) is 0 Å². The van der Waals surface area contributed by atoms with Gasteiger partial charge in [-0.15, -0.1) is 0 Å². The number of amides is 2. The van der Waals surface area contributed by atoms with Crippen molar-refractivity contribution in [3.63, 3.8) is 0 Å². The monoisotopic (exact) mass is 348 g/mol. The maximum Gasteiger partial charge on any atom is 0.270 e. The average molecular weight is 348 g/mol. The number of rotatable bonds is 5. The van der Waals surface area contributed by atoms with E-state index in [0.717, 1.165) is 39.3 Å². The van der Waals surface area contributed by atoms with E-state index in [9.17, 15) is 9.59 Å². The van der Waals surface area contributed by atoms with Crippen molar-refractivity contribution in [1.29, 1.82) is 0 Å².